The fraction of sp³-hybridized carbons (Fsp3) is 0.0870. The van der Waals surface area contributed by atoms with Gasteiger partial charge in [-0.25, -0.2) is 8.42 Å². The van der Waals surface area contributed by atoms with Gasteiger partial charge in [-0.05, 0) is 43.7 Å². The van der Waals surface area contributed by atoms with Crippen molar-refractivity contribution in [1.29, 1.82) is 0 Å². The summed E-state index contributed by atoms with van der Waals surface area (Å²) in [4.78, 5) is 0.157. The Hall–Kier alpha value is -3.23. The monoisotopic (exact) mass is 452 g/mol. The number of hydrogen-bond acceptors (Lipinski definition) is 4. The molecule has 0 amide bonds. The lowest BCUT2D eigenvalue weighted by Crippen LogP contribution is -2.41. The third kappa shape index (κ3) is 4.04. The molecule has 0 bridgehead atoms. The smallest absolute Gasteiger partial charge is 0.284 e. The van der Waals surface area contributed by atoms with E-state index in [2.05, 4.69) is 9.71 Å². The van der Waals surface area contributed by atoms with Crippen molar-refractivity contribution in [1.82, 2.24) is 5.32 Å². The van der Waals surface area contributed by atoms with Crippen LogP contribution in [-0.2, 0) is 19.9 Å². The van der Waals surface area contributed by atoms with Gasteiger partial charge in [0.25, 0.3) is 10.0 Å². The maximum Gasteiger partial charge on any atom is 0.284 e. The Kier molecular flexibility index (Phi) is 5.28. The maximum absolute atomic E-state index is 13.2. The van der Waals surface area contributed by atoms with E-state index in [1.807, 2.05) is 13.8 Å². The van der Waals surface area contributed by atoms with Gasteiger partial charge in [-0.2, -0.15) is 8.42 Å². The van der Waals surface area contributed by atoms with E-state index in [4.69, 9.17) is 0 Å². The molecule has 0 spiro atoms. The molecule has 0 unspecified atom stereocenters. The van der Waals surface area contributed by atoms with Crippen molar-refractivity contribution in [2.75, 3.05) is 0 Å². The van der Waals surface area contributed by atoms with Crippen molar-refractivity contribution in [2.24, 2.45) is 4.40 Å². The molecule has 8 heteroatoms. The molecule has 158 valence electrons. The van der Waals surface area contributed by atoms with Gasteiger partial charge in [-0.15, -0.1) is 4.40 Å². The largest absolute Gasteiger partial charge is 0.329 e. The van der Waals surface area contributed by atoms with E-state index in [1.54, 1.807) is 54.6 Å². The first-order valence-corrected chi connectivity index (χ1v) is 12.4. The first-order valence-electron chi connectivity index (χ1n) is 9.49. The number of nitrogens with one attached hydrogen (secondary N) is 1. The highest BCUT2D eigenvalue weighted by Gasteiger charge is 2.37. The summed E-state index contributed by atoms with van der Waals surface area (Å²) in [5.41, 5.74) is 2.66. The van der Waals surface area contributed by atoms with Gasteiger partial charge in [0.05, 0.1) is 15.4 Å². The third-order valence-electron chi connectivity index (χ3n) is 4.89. The van der Waals surface area contributed by atoms with Crippen molar-refractivity contribution in [3.05, 3.63) is 101 Å². The van der Waals surface area contributed by atoms with Crippen LogP contribution >= 0.6 is 0 Å². The van der Waals surface area contributed by atoms with Gasteiger partial charge < -0.3 is 5.32 Å². The summed E-state index contributed by atoms with van der Waals surface area (Å²) in [5, 5.41) is 2.61. The van der Waals surface area contributed by atoms with Crippen molar-refractivity contribution >= 4 is 31.3 Å². The molecule has 0 aliphatic carbocycles. The highest BCUT2D eigenvalue weighted by atomic mass is 32.2. The Morgan fingerprint density at radius 3 is 1.74 bits per heavy atom. The lowest BCUT2D eigenvalue weighted by atomic mass is 10.0. The second-order valence-electron chi connectivity index (χ2n) is 7.24. The Morgan fingerprint density at radius 2 is 1.19 bits per heavy atom. The second-order valence-corrected chi connectivity index (χ2v) is 10.7. The Labute approximate surface area is 182 Å². The molecule has 1 aliphatic heterocycles. The number of hydrogen-bond donors (Lipinski definition) is 1. The maximum atomic E-state index is 13.2. The van der Waals surface area contributed by atoms with Crippen LogP contribution in [0.15, 0.2) is 98.1 Å². The van der Waals surface area contributed by atoms with Crippen LogP contribution in [0.1, 0.15) is 16.7 Å². The van der Waals surface area contributed by atoms with Gasteiger partial charge in [-0.1, -0.05) is 65.7 Å². The molecule has 1 heterocycles. The number of amidine groups is 1. The summed E-state index contributed by atoms with van der Waals surface area (Å²) in [6, 6.07) is 21.5. The molecule has 3 aromatic carbocycles. The number of sulfone groups is 1. The van der Waals surface area contributed by atoms with Crippen molar-refractivity contribution in [3.8, 4) is 0 Å². The number of sulfonamides is 1. The van der Waals surface area contributed by atoms with Gasteiger partial charge >= 0.3 is 0 Å². The zero-order valence-corrected chi connectivity index (χ0v) is 18.5. The topological polar surface area (TPSA) is 92.7 Å². The summed E-state index contributed by atoms with van der Waals surface area (Å²) in [5.74, 6) is -0.00235. The minimum absolute atomic E-state index is 0.00235. The molecular formula is C23H20N2O4S2. The van der Waals surface area contributed by atoms with E-state index >= 15 is 0 Å². The third-order valence-corrected chi connectivity index (χ3v) is 7.92. The quantitative estimate of drug-likeness (QED) is 0.635. The number of nitrogens with zero attached hydrogens (tertiary/aromatic N) is 1. The Morgan fingerprint density at radius 1 is 0.677 bits per heavy atom. The van der Waals surface area contributed by atoms with Crippen LogP contribution in [0.3, 0.4) is 0 Å². The van der Waals surface area contributed by atoms with Gasteiger partial charge in [0, 0.05) is 0 Å². The first kappa shape index (κ1) is 21.0. The summed E-state index contributed by atoms with van der Waals surface area (Å²) < 4.78 is 55.9. The van der Waals surface area contributed by atoms with Gasteiger partial charge in [0.1, 0.15) is 0 Å². The van der Waals surface area contributed by atoms with Crippen molar-refractivity contribution in [3.63, 3.8) is 0 Å². The average Bonchev–Trinajstić information content (AvgIpc) is 2.72. The van der Waals surface area contributed by atoms with Gasteiger partial charge in [0.2, 0.25) is 9.84 Å². The zero-order valence-electron chi connectivity index (χ0n) is 16.9. The molecule has 0 saturated heterocycles. The van der Waals surface area contributed by atoms with E-state index in [0.717, 1.165) is 11.1 Å². The summed E-state index contributed by atoms with van der Waals surface area (Å²) in [6.45, 7) is 3.72. The number of rotatable bonds is 5. The molecule has 1 aliphatic rings. The zero-order chi connectivity index (χ0) is 22.2. The highest BCUT2D eigenvalue weighted by Crippen LogP contribution is 2.34. The molecule has 0 fully saturated rings. The van der Waals surface area contributed by atoms with Crippen molar-refractivity contribution < 1.29 is 16.8 Å². The molecule has 0 saturated carbocycles. The molecule has 0 aromatic heterocycles. The van der Waals surface area contributed by atoms with E-state index in [0.29, 0.717) is 5.56 Å². The molecule has 0 radical (unpaired) electrons. The first-order chi connectivity index (χ1) is 14.7. The summed E-state index contributed by atoms with van der Waals surface area (Å²) in [7, 11) is -7.90. The lowest BCUT2D eigenvalue weighted by Gasteiger charge is -2.27. The predicted octanol–water partition coefficient (Wildman–Crippen LogP) is 3.84. The average molecular weight is 453 g/mol. The highest BCUT2D eigenvalue weighted by molar-refractivity contribution is 7.95. The molecule has 6 nitrogen and oxygen atoms in total. The van der Waals surface area contributed by atoms with Crippen LogP contribution < -0.4 is 5.32 Å². The summed E-state index contributed by atoms with van der Waals surface area (Å²) in [6.07, 6.45) is 0. The second kappa shape index (κ2) is 7.79. The number of aryl methyl sites for hydroxylation is 2. The van der Waals surface area contributed by atoms with Gasteiger partial charge in [-0.3, -0.25) is 0 Å². The normalized spacial score (nSPS) is 15.5. The van der Waals surface area contributed by atoms with E-state index in [1.165, 1.54) is 24.3 Å². The van der Waals surface area contributed by atoms with Crippen LogP contribution in [0.4, 0.5) is 0 Å². The van der Waals surface area contributed by atoms with Crippen LogP contribution in [0.5, 0.6) is 0 Å². The Balaban J connectivity index is 1.84. The lowest BCUT2D eigenvalue weighted by molar-refractivity contribution is 0.595. The minimum atomic E-state index is -4.02. The summed E-state index contributed by atoms with van der Waals surface area (Å²) >= 11 is 0. The van der Waals surface area contributed by atoms with Crippen LogP contribution in [-0.4, -0.2) is 22.7 Å². The number of benzene rings is 3. The fourth-order valence-electron chi connectivity index (χ4n) is 3.14. The molecule has 4 rings (SSSR count). The van der Waals surface area contributed by atoms with Crippen LogP contribution in [0, 0.1) is 13.8 Å². The molecule has 31 heavy (non-hydrogen) atoms. The Bertz CT molecular complexity index is 1410. The minimum Gasteiger partial charge on any atom is -0.329 e. The van der Waals surface area contributed by atoms with E-state index in [9.17, 15) is 16.8 Å². The standard InChI is InChI=1S/C23H20N2O4S2/c1-16-8-12-19(13-9-16)30(26,27)23-21(18-6-4-3-5-7-18)22(24-23)25-31(28,29)20-14-10-17(2)11-15-20/h3-15H,1-2H3,(H,24,25). The van der Waals surface area contributed by atoms with Crippen LogP contribution in [0.2, 0.25) is 0 Å². The van der Waals surface area contributed by atoms with Crippen molar-refractivity contribution in [2.45, 2.75) is 23.6 Å². The van der Waals surface area contributed by atoms with Gasteiger partial charge in [0.15, 0.2) is 10.9 Å². The molecular weight excluding hydrogens is 432 g/mol. The SMILES string of the molecule is Cc1ccc(S(=O)(=O)/N=C2/NC(S(=O)(=O)c3ccc(C)cc3)=C2c2ccccc2)cc1. The van der Waals surface area contributed by atoms with E-state index < -0.39 is 19.9 Å². The molecule has 1 N–H and O–H groups in total. The molecule has 0 atom stereocenters. The van der Waals surface area contributed by atoms with E-state index in [-0.39, 0.29) is 26.2 Å². The molecule has 3 aromatic rings. The predicted molar refractivity (Wildman–Crippen MR) is 121 cm³/mol. The fourth-order valence-corrected chi connectivity index (χ4v) is 5.55. The van der Waals surface area contributed by atoms with Crippen LogP contribution in [0.25, 0.3) is 5.57 Å².